The number of nitrogens with zero attached hydrogens (tertiary/aromatic N) is 2. The summed E-state index contributed by atoms with van der Waals surface area (Å²) in [5.41, 5.74) is 1.62. The van der Waals surface area contributed by atoms with E-state index in [-0.39, 0.29) is 18.0 Å². The number of ketones is 1. The molecule has 0 bridgehead atoms. The Morgan fingerprint density at radius 1 is 1.30 bits per heavy atom. The Kier molecular flexibility index (Phi) is 3.36. The number of hydrogen-bond donors (Lipinski definition) is 0. The van der Waals surface area contributed by atoms with Gasteiger partial charge in [0.2, 0.25) is 0 Å². The second-order valence-electron chi connectivity index (χ2n) is 4.42. The number of hydrogen-bond acceptors (Lipinski definition) is 2. The van der Waals surface area contributed by atoms with Gasteiger partial charge in [0, 0.05) is 17.1 Å². The van der Waals surface area contributed by atoms with E-state index in [1.165, 1.54) is 12.3 Å². The summed E-state index contributed by atoms with van der Waals surface area (Å²) in [5.74, 6) is -0.531. The Bertz CT molecular complexity index is 797. The van der Waals surface area contributed by atoms with E-state index in [0.29, 0.717) is 15.6 Å². The Morgan fingerprint density at radius 2 is 2.15 bits per heavy atom. The maximum atomic E-state index is 13.8. The summed E-state index contributed by atoms with van der Waals surface area (Å²) < 4.78 is 16.0. The molecule has 5 heteroatoms. The highest BCUT2D eigenvalue weighted by Gasteiger charge is 2.15. The van der Waals surface area contributed by atoms with Gasteiger partial charge in [0.25, 0.3) is 0 Å². The van der Waals surface area contributed by atoms with Gasteiger partial charge in [-0.05, 0) is 29.8 Å². The van der Waals surface area contributed by atoms with E-state index in [2.05, 4.69) is 21.0 Å². The van der Waals surface area contributed by atoms with Crippen LogP contribution in [0.25, 0.3) is 5.52 Å². The van der Waals surface area contributed by atoms with Crippen molar-refractivity contribution in [2.45, 2.75) is 6.42 Å². The summed E-state index contributed by atoms with van der Waals surface area (Å²) in [5, 5.41) is 4.11. The molecule has 2 heterocycles. The molecule has 3 nitrogen and oxygen atoms in total. The van der Waals surface area contributed by atoms with Crippen LogP contribution < -0.4 is 0 Å². The molecule has 0 aliphatic rings. The first-order chi connectivity index (χ1) is 9.65. The molecule has 0 saturated heterocycles. The molecule has 100 valence electrons. The maximum absolute atomic E-state index is 13.8. The van der Waals surface area contributed by atoms with Crippen LogP contribution in [0.1, 0.15) is 15.9 Å². The molecule has 3 rings (SSSR count). The topological polar surface area (TPSA) is 34.4 Å². The van der Waals surface area contributed by atoms with Crippen LogP contribution in [-0.4, -0.2) is 15.4 Å². The highest BCUT2D eigenvalue weighted by atomic mass is 79.9. The molecule has 0 N–H and O–H groups in total. The highest BCUT2D eigenvalue weighted by molar-refractivity contribution is 9.10. The first-order valence-electron chi connectivity index (χ1n) is 6.04. The number of pyridine rings is 1. The minimum atomic E-state index is -0.385. The molecule has 0 saturated carbocycles. The normalized spacial score (nSPS) is 10.9. The van der Waals surface area contributed by atoms with Gasteiger partial charge in [-0.2, -0.15) is 5.10 Å². The summed E-state index contributed by atoms with van der Waals surface area (Å²) in [4.78, 5) is 12.3. The predicted molar refractivity (Wildman–Crippen MR) is 77.3 cm³/mol. The van der Waals surface area contributed by atoms with Gasteiger partial charge in [-0.1, -0.05) is 28.1 Å². The maximum Gasteiger partial charge on any atom is 0.171 e. The average molecular weight is 333 g/mol. The van der Waals surface area contributed by atoms with Crippen LogP contribution in [-0.2, 0) is 6.42 Å². The van der Waals surface area contributed by atoms with Crippen molar-refractivity contribution in [3.8, 4) is 0 Å². The van der Waals surface area contributed by atoms with Crippen LogP contribution in [0.3, 0.4) is 0 Å². The van der Waals surface area contributed by atoms with Gasteiger partial charge in [0.15, 0.2) is 5.78 Å². The Labute approximate surface area is 123 Å². The monoisotopic (exact) mass is 332 g/mol. The fourth-order valence-electron chi connectivity index (χ4n) is 2.08. The van der Waals surface area contributed by atoms with Gasteiger partial charge < -0.3 is 0 Å². The Morgan fingerprint density at radius 3 is 2.95 bits per heavy atom. The van der Waals surface area contributed by atoms with Crippen LogP contribution >= 0.6 is 15.9 Å². The van der Waals surface area contributed by atoms with Crippen molar-refractivity contribution < 1.29 is 9.18 Å². The standard InChI is InChI=1S/C15H10BrFN2O/c16-11-5-4-10(13(17)8-11)7-15(20)12-9-18-19-6-2-1-3-14(12)19/h1-6,8-9H,7H2. The van der Waals surface area contributed by atoms with Crippen molar-refractivity contribution in [2.24, 2.45) is 0 Å². The van der Waals surface area contributed by atoms with Crippen LogP contribution in [0.15, 0.2) is 53.3 Å². The number of carbonyl (C=O) groups is 1. The van der Waals surface area contributed by atoms with Gasteiger partial charge in [0.1, 0.15) is 5.82 Å². The lowest BCUT2D eigenvalue weighted by molar-refractivity contribution is 0.0993. The third-order valence-corrected chi connectivity index (χ3v) is 3.59. The number of carbonyl (C=O) groups excluding carboxylic acids is 1. The second-order valence-corrected chi connectivity index (χ2v) is 5.34. The summed E-state index contributed by atoms with van der Waals surface area (Å²) in [6.45, 7) is 0. The van der Waals surface area contributed by atoms with Gasteiger partial charge in [-0.25, -0.2) is 8.91 Å². The molecule has 0 fully saturated rings. The minimum absolute atomic E-state index is 0.0232. The van der Waals surface area contributed by atoms with E-state index in [1.54, 1.807) is 22.8 Å². The molecule has 0 spiro atoms. The zero-order valence-electron chi connectivity index (χ0n) is 10.4. The van der Waals surface area contributed by atoms with E-state index >= 15 is 0 Å². The van der Waals surface area contributed by atoms with Crippen molar-refractivity contribution in [2.75, 3.05) is 0 Å². The molecule has 0 amide bonds. The second kappa shape index (κ2) is 5.17. The van der Waals surface area contributed by atoms with Crippen LogP contribution in [0.4, 0.5) is 4.39 Å². The fourth-order valence-corrected chi connectivity index (χ4v) is 2.42. The quantitative estimate of drug-likeness (QED) is 0.686. The van der Waals surface area contributed by atoms with E-state index in [1.807, 2.05) is 18.2 Å². The summed E-state index contributed by atoms with van der Waals surface area (Å²) >= 11 is 3.20. The summed E-state index contributed by atoms with van der Waals surface area (Å²) in [7, 11) is 0. The number of halogens is 2. The molecule has 0 atom stereocenters. The zero-order chi connectivity index (χ0) is 14.1. The molecular weight excluding hydrogens is 323 g/mol. The van der Waals surface area contributed by atoms with E-state index < -0.39 is 0 Å². The number of fused-ring (bicyclic) bond motifs is 1. The molecule has 0 aliphatic heterocycles. The van der Waals surface area contributed by atoms with E-state index in [0.717, 1.165) is 5.52 Å². The number of benzene rings is 1. The van der Waals surface area contributed by atoms with Crippen LogP contribution in [0.5, 0.6) is 0 Å². The Hall–Kier alpha value is -2.01. The van der Waals surface area contributed by atoms with Gasteiger partial charge in [0.05, 0.1) is 17.3 Å². The lowest BCUT2D eigenvalue weighted by Gasteiger charge is -2.03. The average Bonchev–Trinajstić information content (AvgIpc) is 2.86. The van der Waals surface area contributed by atoms with Gasteiger partial charge in [-0.3, -0.25) is 4.79 Å². The third-order valence-electron chi connectivity index (χ3n) is 3.09. The number of rotatable bonds is 3. The minimum Gasteiger partial charge on any atom is -0.294 e. The van der Waals surface area contributed by atoms with Crippen molar-refractivity contribution >= 4 is 27.2 Å². The molecule has 2 aromatic heterocycles. The number of aromatic nitrogens is 2. The number of Topliss-reactive ketones (excluding diaryl/α,β-unsaturated/α-hetero) is 1. The molecule has 0 radical (unpaired) electrons. The smallest absolute Gasteiger partial charge is 0.171 e. The van der Waals surface area contributed by atoms with Crippen molar-refractivity contribution in [1.82, 2.24) is 9.61 Å². The van der Waals surface area contributed by atoms with E-state index in [4.69, 9.17) is 0 Å². The highest BCUT2D eigenvalue weighted by Crippen LogP contribution is 2.18. The van der Waals surface area contributed by atoms with Crippen molar-refractivity contribution in [3.63, 3.8) is 0 Å². The third kappa shape index (κ3) is 2.36. The zero-order valence-corrected chi connectivity index (χ0v) is 12.0. The lowest BCUT2D eigenvalue weighted by Crippen LogP contribution is -2.05. The van der Waals surface area contributed by atoms with E-state index in [9.17, 15) is 9.18 Å². The molecule has 0 unspecified atom stereocenters. The SMILES string of the molecule is O=C(Cc1ccc(Br)cc1F)c1cnn2ccccc12. The summed E-state index contributed by atoms with van der Waals surface area (Å²) in [6.07, 6.45) is 3.32. The predicted octanol–water partition coefficient (Wildman–Crippen LogP) is 3.66. The first kappa shape index (κ1) is 13.0. The van der Waals surface area contributed by atoms with Crippen molar-refractivity contribution in [3.05, 3.63) is 70.2 Å². The first-order valence-corrected chi connectivity index (χ1v) is 6.84. The molecular formula is C15H10BrFN2O. The van der Waals surface area contributed by atoms with Gasteiger partial charge >= 0.3 is 0 Å². The molecule has 1 aromatic carbocycles. The Balaban J connectivity index is 1.93. The van der Waals surface area contributed by atoms with Crippen LogP contribution in [0, 0.1) is 5.82 Å². The molecule has 0 aliphatic carbocycles. The largest absolute Gasteiger partial charge is 0.294 e. The molecule has 3 aromatic rings. The van der Waals surface area contributed by atoms with Crippen molar-refractivity contribution in [1.29, 1.82) is 0 Å². The fraction of sp³-hybridized carbons (Fsp3) is 0.0667. The molecule has 20 heavy (non-hydrogen) atoms. The lowest BCUT2D eigenvalue weighted by atomic mass is 10.0. The van der Waals surface area contributed by atoms with Crippen LogP contribution in [0.2, 0.25) is 0 Å². The van der Waals surface area contributed by atoms with Gasteiger partial charge in [-0.15, -0.1) is 0 Å². The summed E-state index contributed by atoms with van der Waals surface area (Å²) in [6, 6.07) is 10.2.